The topological polar surface area (TPSA) is 49.3 Å². The van der Waals surface area contributed by atoms with Crippen LogP contribution in [0.3, 0.4) is 0 Å². The van der Waals surface area contributed by atoms with Gasteiger partial charge in [0.1, 0.15) is 17.8 Å². The summed E-state index contributed by atoms with van der Waals surface area (Å²) < 4.78 is 0. The molecule has 2 aromatic rings. The number of nitrogens with zero attached hydrogens (tertiary/aromatic N) is 4. The van der Waals surface area contributed by atoms with E-state index in [2.05, 4.69) is 14.9 Å². The van der Waals surface area contributed by atoms with Crippen LogP contribution in [0.2, 0.25) is 0 Å². The van der Waals surface area contributed by atoms with Gasteiger partial charge >= 0.3 is 0 Å². The van der Waals surface area contributed by atoms with E-state index >= 15 is 0 Å². The molecule has 1 saturated heterocycles. The van der Waals surface area contributed by atoms with E-state index < -0.39 is 0 Å². The molecule has 22 heavy (non-hydrogen) atoms. The van der Waals surface area contributed by atoms with E-state index in [1.165, 1.54) is 19.2 Å². The second-order valence-electron chi connectivity index (χ2n) is 5.34. The predicted octanol–water partition coefficient (Wildman–Crippen LogP) is 2.74. The summed E-state index contributed by atoms with van der Waals surface area (Å²) in [7, 11) is 0. The minimum absolute atomic E-state index is 0.0865. The summed E-state index contributed by atoms with van der Waals surface area (Å²) >= 11 is 0. The molecule has 0 unspecified atom stereocenters. The van der Waals surface area contributed by atoms with Gasteiger partial charge in [0.25, 0.3) is 5.91 Å². The van der Waals surface area contributed by atoms with Crippen LogP contribution in [-0.2, 0) is 0 Å². The number of anilines is 2. The number of hydrogen-bond donors (Lipinski definition) is 0. The first-order chi connectivity index (χ1) is 10.8. The normalized spacial score (nSPS) is 14.1. The van der Waals surface area contributed by atoms with Gasteiger partial charge in [-0.25, -0.2) is 9.97 Å². The third-order valence-electron chi connectivity index (χ3n) is 3.93. The van der Waals surface area contributed by atoms with Gasteiger partial charge < -0.3 is 9.80 Å². The molecule has 3 rings (SSSR count). The Kier molecular flexibility index (Phi) is 4.32. The summed E-state index contributed by atoms with van der Waals surface area (Å²) in [6.45, 7) is 4.57. The fraction of sp³-hybridized carbons (Fsp3) is 0.353. The fourth-order valence-electron chi connectivity index (χ4n) is 2.77. The third-order valence-corrected chi connectivity index (χ3v) is 3.93. The fourth-order valence-corrected chi connectivity index (χ4v) is 2.77. The van der Waals surface area contributed by atoms with Crippen molar-refractivity contribution in [3.05, 3.63) is 48.4 Å². The Hall–Kier alpha value is -2.43. The summed E-state index contributed by atoms with van der Waals surface area (Å²) in [6, 6.07) is 11.5. The number of para-hydroxylation sites is 1. The Morgan fingerprint density at radius 1 is 1.18 bits per heavy atom. The van der Waals surface area contributed by atoms with Gasteiger partial charge in [0.2, 0.25) is 0 Å². The molecule has 5 nitrogen and oxygen atoms in total. The molecule has 1 aliphatic rings. The maximum Gasteiger partial charge on any atom is 0.277 e. The zero-order chi connectivity index (χ0) is 15.4. The number of amides is 1. The quantitative estimate of drug-likeness (QED) is 0.870. The highest BCUT2D eigenvalue weighted by Crippen LogP contribution is 2.20. The summed E-state index contributed by atoms with van der Waals surface area (Å²) in [6.07, 6.45) is 3.84. The zero-order valence-corrected chi connectivity index (χ0v) is 12.8. The van der Waals surface area contributed by atoms with Crippen LogP contribution in [0.4, 0.5) is 11.5 Å². The van der Waals surface area contributed by atoms with Crippen LogP contribution >= 0.6 is 0 Å². The number of aromatic nitrogens is 2. The minimum Gasteiger partial charge on any atom is -0.357 e. The Balaban J connectivity index is 1.86. The summed E-state index contributed by atoms with van der Waals surface area (Å²) in [5.74, 6) is 0.761. The molecule has 0 N–H and O–H groups in total. The molecular formula is C17H20N4O. The van der Waals surface area contributed by atoms with Gasteiger partial charge in [-0.3, -0.25) is 4.79 Å². The maximum atomic E-state index is 12.8. The van der Waals surface area contributed by atoms with Crippen LogP contribution in [0.5, 0.6) is 0 Å². The van der Waals surface area contributed by atoms with Crippen molar-refractivity contribution in [2.24, 2.45) is 0 Å². The second-order valence-corrected chi connectivity index (χ2v) is 5.34. The van der Waals surface area contributed by atoms with Crippen LogP contribution in [0.1, 0.15) is 30.3 Å². The Morgan fingerprint density at radius 3 is 2.59 bits per heavy atom. The lowest BCUT2D eigenvalue weighted by molar-refractivity contribution is 0.0983. The van der Waals surface area contributed by atoms with E-state index in [4.69, 9.17) is 0 Å². The summed E-state index contributed by atoms with van der Waals surface area (Å²) in [5.41, 5.74) is 1.33. The molecule has 0 atom stereocenters. The number of carbonyl (C=O) groups is 1. The van der Waals surface area contributed by atoms with Gasteiger partial charge in [-0.05, 0) is 31.9 Å². The Morgan fingerprint density at radius 2 is 1.91 bits per heavy atom. The monoisotopic (exact) mass is 296 g/mol. The number of carbonyl (C=O) groups excluding carboxylic acids is 1. The van der Waals surface area contributed by atoms with Gasteiger partial charge in [-0.2, -0.15) is 0 Å². The molecule has 0 radical (unpaired) electrons. The second kappa shape index (κ2) is 6.56. The highest BCUT2D eigenvalue weighted by Gasteiger charge is 2.20. The molecule has 1 aromatic heterocycles. The highest BCUT2D eigenvalue weighted by molar-refractivity contribution is 6.05. The Bertz CT molecular complexity index is 638. The molecule has 2 heterocycles. The first-order valence-corrected chi connectivity index (χ1v) is 7.73. The Labute approximate surface area is 130 Å². The molecular weight excluding hydrogens is 276 g/mol. The molecule has 0 bridgehead atoms. The molecule has 1 aromatic carbocycles. The largest absolute Gasteiger partial charge is 0.357 e. The molecule has 0 spiro atoms. The minimum atomic E-state index is -0.0865. The van der Waals surface area contributed by atoms with Gasteiger partial charge in [-0.1, -0.05) is 18.2 Å². The first-order valence-electron chi connectivity index (χ1n) is 7.73. The van der Waals surface area contributed by atoms with E-state index in [1.54, 1.807) is 11.0 Å². The van der Waals surface area contributed by atoms with Crippen molar-refractivity contribution in [3.63, 3.8) is 0 Å². The molecule has 114 valence electrons. The number of rotatable bonds is 4. The van der Waals surface area contributed by atoms with Gasteiger partial charge in [0.15, 0.2) is 0 Å². The smallest absolute Gasteiger partial charge is 0.277 e. The molecule has 1 aliphatic heterocycles. The van der Waals surface area contributed by atoms with Crippen molar-refractivity contribution >= 4 is 17.4 Å². The van der Waals surface area contributed by atoms with E-state index in [9.17, 15) is 4.79 Å². The first kappa shape index (κ1) is 14.5. The van der Waals surface area contributed by atoms with E-state index in [0.29, 0.717) is 12.2 Å². The van der Waals surface area contributed by atoms with Gasteiger partial charge in [0, 0.05) is 31.4 Å². The van der Waals surface area contributed by atoms with Crippen molar-refractivity contribution in [2.45, 2.75) is 19.8 Å². The van der Waals surface area contributed by atoms with Crippen molar-refractivity contribution < 1.29 is 4.79 Å². The zero-order valence-electron chi connectivity index (χ0n) is 12.8. The molecule has 0 aliphatic carbocycles. The van der Waals surface area contributed by atoms with Gasteiger partial charge in [-0.15, -0.1) is 0 Å². The highest BCUT2D eigenvalue weighted by atomic mass is 16.2. The van der Waals surface area contributed by atoms with E-state index in [0.717, 1.165) is 24.6 Å². The third kappa shape index (κ3) is 2.93. The molecule has 1 fully saturated rings. The van der Waals surface area contributed by atoms with Crippen molar-refractivity contribution in [3.8, 4) is 0 Å². The van der Waals surface area contributed by atoms with Crippen LogP contribution < -0.4 is 9.80 Å². The van der Waals surface area contributed by atoms with E-state index in [1.807, 2.05) is 37.3 Å². The van der Waals surface area contributed by atoms with Crippen LogP contribution in [-0.4, -0.2) is 35.5 Å². The number of hydrogen-bond acceptors (Lipinski definition) is 4. The van der Waals surface area contributed by atoms with E-state index in [-0.39, 0.29) is 5.91 Å². The maximum absolute atomic E-state index is 12.8. The standard InChI is InChI=1S/C17H20N4O/c1-2-21(14-8-4-3-5-9-14)17(22)15-12-16(19-13-18-15)20-10-6-7-11-20/h3-5,8-9,12-13H,2,6-7,10-11H2,1H3. The predicted molar refractivity (Wildman–Crippen MR) is 87.3 cm³/mol. The molecule has 0 saturated carbocycles. The summed E-state index contributed by atoms with van der Waals surface area (Å²) in [4.78, 5) is 25.2. The molecule has 1 amide bonds. The average molecular weight is 296 g/mol. The lowest BCUT2D eigenvalue weighted by Gasteiger charge is -2.21. The van der Waals surface area contributed by atoms with Crippen molar-refractivity contribution in [1.82, 2.24) is 9.97 Å². The lowest BCUT2D eigenvalue weighted by Crippen LogP contribution is -2.31. The summed E-state index contributed by atoms with van der Waals surface area (Å²) in [5, 5.41) is 0. The molecule has 5 heteroatoms. The van der Waals surface area contributed by atoms with Crippen LogP contribution in [0.15, 0.2) is 42.7 Å². The van der Waals surface area contributed by atoms with Crippen LogP contribution in [0.25, 0.3) is 0 Å². The van der Waals surface area contributed by atoms with Crippen molar-refractivity contribution in [2.75, 3.05) is 29.4 Å². The number of benzene rings is 1. The van der Waals surface area contributed by atoms with Crippen molar-refractivity contribution in [1.29, 1.82) is 0 Å². The van der Waals surface area contributed by atoms with Gasteiger partial charge in [0.05, 0.1) is 0 Å². The average Bonchev–Trinajstić information content (AvgIpc) is 3.11. The lowest BCUT2D eigenvalue weighted by atomic mass is 10.2. The van der Waals surface area contributed by atoms with Crippen LogP contribution in [0, 0.1) is 0 Å². The SMILES string of the molecule is CCN(C(=O)c1cc(N2CCCC2)ncn1)c1ccccc1.